The Morgan fingerprint density at radius 3 is 2.55 bits per heavy atom. The monoisotopic (exact) mass is 386 g/mol. The number of hydrogen-bond acceptors (Lipinski definition) is 5. The van der Waals surface area contributed by atoms with E-state index in [-0.39, 0.29) is 12.3 Å². The van der Waals surface area contributed by atoms with Crippen molar-refractivity contribution < 1.29 is 18.7 Å². The number of para-hydroxylation sites is 2. The van der Waals surface area contributed by atoms with Crippen molar-refractivity contribution >= 4 is 22.7 Å². The lowest BCUT2D eigenvalue weighted by Gasteiger charge is -2.18. The summed E-state index contributed by atoms with van der Waals surface area (Å²) >= 11 is 0. The second kappa shape index (κ2) is 7.31. The number of carbonyl (C=O) groups excluding carboxylic acids is 1. The van der Waals surface area contributed by atoms with Gasteiger partial charge in [-0.1, -0.05) is 18.2 Å². The molecule has 0 atom stereocenters. The van der Waals surface area contributed by atoms with Crippen LogP contribution in [0, 0.1) is 0 Å². The summed E-state index contributed by atoms with van der Waals surface area (Å²) < 4.78 is 16.9. The van der Waals surface area contributed by atoms with E-state index in [1.54, 1.807) is 0 Å². The average molecular weight is 386 g/mol. The van der Waals surface area contributed by atoms with E-state index in [2.05, 4.69) is 10.3 Å². The summed E-state index contributed by atoms with van der Waals surface area (Å²) in [6, 6.07) is 20.6. The lowest BCUT2D eigenvalue weighted by atomic mass is 10.1. The number of hydrogen-bond donors (Lipinski definition) is 1. The first kappa shape index (κ1) is 17.3. The van der Waals surface area contributed by atoms with Gasteiger partial charge in [0.15, 0.2) is 17.1 Å². The number of oxazole rings is 1. The summed E-state index contributed by atoms with van der Waals surface area (Å²) in [7, 11) is 0. The summed E-state index contributed by atoms with van der Waals surface area (Å²) in [5.41, 5.74) is 4.01. The Labute approximate surface area is 167 Å². The molecule has 3 aromatic carbocycles. The molecule has 0 unspecified atom stereocenters. The molecule has 1 N–H and O–H groups in total. The minimum atomic E-state index is -0.101. The molecule has 1 aliphatic rings. The molecule has 0 saturated carbocycles. The Morgan fingerprint density at radius 2 is 1.72 bits per heavy atom. The van der Waals surface area contributed by atoms with E-state index in [4.69, 9.17) is 13.9 Å². The molecule has 6 heteroatoms. The fourth-order valence-corrected chi connectivity index (χ4v) is 3.28. The third-order valence-electron chi connectivity index (χ3n) is 4.68. The van der Waals surface area contributed by atoms with Gasteiger partial charge in [-0.2, -0.15) is 0 Å². The number of ether oxygens (including phenoxy) is 2. The molecule has 144 valence electrons. The molecular weight excluding hydrogens is 368 g/mol. The van der Waals surface area contributed by atoms with Gasteiger partial charge in [-0.25, -0.2) is 4.98 Å². The summed E-state index contributed by atoms with van der Waals surface area (Å²) in [4.78, 5) is 16.9. The zero-order valence-corrected chi connectivity index (χ0v) is 15.6. The molecule has 5 rings (SSSR count). The van der Waals surface area contributed by atoms with Crippen molar-refractivity contribution in [2.45, 2.75) is 6.42 Å². The number of carbonyl (C=O) groups is 1. The summed E-state index contributed by atoms with van der Waals surface area (Å²) in [6.45, 7) is 1.07. The Morgan fingerprint density at radius 1 is 0.931 bits per heavy atom. The topological polar surface area (TPSA) is 73.6 Å². The number of benzene rings is 3. The summed E-state index contributed by atoms with van der Waals surface area (Å²) in [5.74, 6) is 1.86. The third-order valence-corrected chi connectivity index (χ3v) is 4.68. The fraction of sp³-hybridized carbons (Fsp3) is 0.130. The van der Waals surface area contributed by atoms with Crippen LogP contribution < -0.4 is 14.8 Å². The molecule has 4 aromatic rings. The van der Waals surface area contributed by atoms with E-state index in [0.29, 0.717) is 30.5 Å². The van der Waals surface area contributed by atoms with E-state index in [1.165, 1.54) is 0 Å². The van der Waals surface area contributed by atoms with Crippen LogP contribution in [0.4, 0.5) is 5.69 Å². The molecule has 0 bridgehead atoms. The number of rotatable bonds is 4. The van der Waals surface area contributed by atoms with Gasteiger partial charge in [0.05, 0.1) is 6.42 Å². The zero-order valence-electron chi connectivity index (χ0n) is 15.6. The largest absolute Gasteiger partial charge is 0.486 e. The van der Waals surface area contributed by atoms with E-state index in [1.807, 2.05) is 66.7 Å². The van der Waals surface area contributed by atoms with E-state index in [9.17, 15) is 4.79 Å². The van der Waals surface area contributed by atoms with Crippen LogP contribution in [0.1, 0.15) is 5.56 Å². The lowest BCUT2D eigenvalue weighted by molar-refractivity contribution is -0.115. The zero-order chi connectivity index (χ0) is 19.6. The van der Waals surface area contributed by atoms with Crippen LogP contribution in [0.3, 0.4) is 0 Å². The van der Waals surface area contributed by atoms with E-state index >= 15 is 0 Å². The minimum absolute atomic E-state index is 0.101. The Kier molecular flexibility index (Phi) is 4.37. The van der Waals surface area contributed by atoms with Gasteiger partial charge in [0.1, 0.15) is 18.7 Å². The maximum absolute atomic E-state index is 12.4. The highest BCUT2D eigenvalue weighted by molar-refractivity contribution is 5.92. The Hall–Kier alpha value is -3.80. The van der Waals surface area contributed by atoms with Gasteiger partial charge in [0.2, 0.25) is 11.8 Å². The number of aromatic nitrogens is 1. The first-order valence-electron chi connectivity index (χ1n) is 9.39. The highest BCUT2D eigenvalue weighted by Crippen LogP contribution is 2.31. The van der Waals surface area contributed by atoms with E-state index in [0.717, 1.165) is 28.0 Å². The molecular formula is C23H18N2O4. The smallest absolute Gasteiger partial charge is 0.228 e. The third kappa shape index (κ3) is 3.65. The summed E-state index contributed by atoms with van der Waals surface area (Å²) in [5, 5.41) is 2.91. The fourth-order valence-electron chi connectivity index (χ4n) is 3.28. The van der Waals surface area contributed by atoms with Crippen molar-refractivity contribution in [3.8, 4) is 23.0 Å². The molecule has 1 amide bonds. The highest BCUT2D eigenvalue weighted by atomic mass is 16.6. The maximum atomic E-state index is 12.4. The molecule has 0 spiro atoms. The Balaban J connectivity index is 1.26. The highest BCUT2D eigenvalue weighted by Gasteiger charge is 2.13. The van der Waals surface area contributed by atoms with Gasteiger partial charge < -0.3 is 19.2 Å². The van der Waals surface area contributed by atoms with E-state index < -0.39 is 0 Å². The summed E-state index contributed by atoms with van der Waals surface area (Å²) in [6.07, 6.45) is 0.253. The second-order valence-electron chi connectivity index (χ2n) is 6.77. The van der Waals surface area contributed by atoms with Gasteiger partial charge in [-0.05, 0) is 54.1 Å². The number of fused-ring (bicyclic) bond motifs is 2. The van der Waals surface area contributed by atoms with Crippen LogP contribution in [0.5, 0.6) is 11.5 Å². The quantitative estimate of drug-likeness (QED) is 0.561. The van der Waals surface area contributed by atoms with Crippen LogP contribution in [0.15, 0.2) is 71.1 Å². The lowest BCUT2D eigenvalue weighted by Crippen LogP contribution is -2.17. The van der Waals surface area contributed by atoms with Gasteiger partial charge in [0.25, 0.3) is 0 Å². The average Bonchev–Trinajstić information content (AvgIpc) is 3.18. The molecule has 29 heavy (non-hydrogen) atoms. The van der Waals surface area contributed by atoms with Gasteiger partial charge in [0, 0.05) is 11.3 Å². The number of anilines is 1. The second-order valence-corrected chi connectivity index (χ2v) is 6.77. The standard InChI is InChI=1S/C23H18N2O4/c26-22(14-15-5-10-20-21(13-15)28-12-11-27-20)24-17-8-6-16(7-9-17)23-25-18-3-1-2-4-19(18)29-23/h1-10,13H,11-12,14H2,(H,24,26). The Bertz CT molecular complexity index is 1150. The van der Waals surface area contributed by atoms with Crippen molar-refractivity contribution in [2.75, 3.05) is 18.5 Å². The first-order valence-corrected chi connectivity index (χ1v) is 9.39. The van der Waals surface area contributed by atoms with Crippen LogP contribution in [0.25, 0.3) is 22.6 Å². The molecule has 0 radical (unpaired) electrons. The van der Waals surface area contributed by atoms with Crippen molar-refractivity contribution in [3.05, 3.63) is 72.3 Å². The minimum Gasteiger partial charge on any atom is -0.486 e. The molecule has 0 aliphatic carbocycles. The number of nitrogens with zero attached hydrogens (tertiary/aromatic N) is 1. The maximum Gasteiger partial charge on any atom is 0.228 e. The normalized spacial score (nSPS) is 12.7. The molecule has 0 saturated heterocycles. The van der Waals surface area contributed by atoms with Crippen LogP contribution in [0.2, 0.25) is 0 Å². The van der Waals surface area contributed by atoms with Crippen LogP contribution in [-0.2, 0) is 11.2 Å². The van der Waals surface area contributed by atoms with Crippen molar-refractivity contribution in [3.63, 3.8) is 0 Å². The SMILES string of the molecule is O=C(Cc1ccc2c(c1)OCCO2)Nc1ccc(-c2nc3ccccc3o2)cc1. The number of amides is 1. The van der Waals surface area contributed by atoms with Crippen molar-refractivity contribution in [1.29, 1.82) is 0 Å². The van der Waals surface area contributed by atoms with Crippen LogP contribution >= 0.6 is 0 Å². The van der Waals surface area contributed by atoms with Crippen molar-refractivity contribution in [2.24, 2.45) is 0 Å². The molecule has 1 aromatic heterocycles. The predicted molar refractivity (Wildman–Crippen MR) is 109 cm³/mol. The molecule has 6 nitrogen and oxygen atoms in total. The van der Waals surface area contributed by atoms with Gasteiger partial charge in [-0.3, -0.25) is 4.79 Å². The predicted octanol–water partition coefficient (Wildman–Crippen LogP) is 4.45. The van der Waals surface area contributed by atoms with Gasteiger partial charge >= 0.3 is 0 Å². The molecule has 0 fully saturated rings. The van der Waals surface area contributed by atoms with Gasteiger partial charge in [-0.15, -0.1) is 0 Å². The number of nitrogens with one attached hydrogen (secondary N) is 1. The van der Waals surface area contributed by atoms with Crippen molar-refractivity contribution in [1.82, 2.24) is 4.98 Å². The molecule has 1 aliphatic heterocycles. The molecule has 2 heterocycles. The first-order chi connectivity index (χ1) is 14.2. The van der Waals surface area contributed by atoms with Crippen LogP contribution in [-0.4, -0.2) is 24.1 Å².